The molecule has 0 aliphatic carbocycles. The van der Waals surface area contributed by atoms with Gasteiger partial charge in [0, 0.05) is 29.3 Å². The highest BCUT2D eigenvalue weighted by atomic mass is 79.9. The number of para-hydroxylation sites is 1. The Labute approximate surface area is 198 Å². The van der Waals surface area contributed by atoms with Gasteiger partial charge < -0.3 is 15.1 Å². The summed E-state index contributed by atoms with van der Waals surface area (Å²) < 4.78 is 0.990. The van der Waals surface area contributed by atoms with E-state index in [9.17, 15) is 9.59 Å². The molecule has 6 heteroatoms. The van der Waals surface area contributed by atoms with Gasteiger partial charge in [0.05, 0.1) is 11.4 Å². The predicted molar refractivity (Wildman–Crippen MR) is 135 cm³/mol. The molecular weight excluding hydrogens is 466 g/mol. The minimum absolute atomic E-state index is 0.0268. The Morgan fingerprint density at radius 1 is 0.969 bits per heavy atom. The number of halogens is 1. The first-order valence-corrected chi connectivity index (χ1v) is 11.5. The molecule has 1 heterocycles. The summed E-state index contributed by atoms with van der Waals surface area (Å²) in [5.74, 6) is -0.155. The number of carbonyl (C=O) groups is 2. The number of nitrogens with one attached hydrogen (secondary N) is 1. The zero-order valence-corrected chi connectivity index (χ0v) is 20.4. The summed E-state index contributed by atoms with van der Waals surface area (Å²) in [4.78, 5) is 29.3. The van der Waals surface area contributed by atoms with E-state index < -0.39 is 0 Å². The number of nitrogens with zero attached hydrogens (tertiary/aromatic N) is 2. The molecule has 1 atom stereocenters. The second-order valence-corrected chi connectivity index (χ2v) is 8.27. The number of likely N-dealkylation sites (N-methyl/N-ethyl adjacent to an activating group) is 1. The Kier molecular flexibility index (Phi) is 7.70. The summed E-state index contributed by atoms with van der Waals surface area (Å²) in [7, 11) is 1.78. The average molecular weight is 494 g/mol. The molecule has 0 bridgehead atoms. The van der Waals surface area contributed by atoms with Crippen molar-refractivity contribution in [3.05, 3.63) is 88.4 Å². The smallest absolute Gasteiger partial charge is 0.255 e. The van der Waals surface area contributed by atoms with E-state index in [1.807, 2.05) is 87.5 Å². The van der Waals surface area contributed by atoms with Crippen molar-refractivity contribution in [3.8, 4) is 0 Å². The fraction of sp³-hybridized carbons (Fsp3) is 0.231. The molecule has 0 saturated heterocycles. The highest BCUT2D eigenvalue weighted by Crippen LogP contribution is 2.37. The first-order chi connectivity index (χ1) is 15.4. The van der Waals surface area contributed by atoms with Gasteiger partial charge in [0.25, 0.3) is 5.91 Å². The fourth-order valence-electron chi connectivity index (χ4n) is 3.70. The SMILES string of the molecule is CC.CC1C(=O)N(C)c2ccc(C(=O)Nc3ccccc3)cc2N1Cc1cccc(Br)c1. The second kappa shape index (κ2) is 10.5. The van der Waals surface area contributed by atoms with E-state index in [2.05, 4.69) is 26.1 Å². The van der Waals surface area contributed by atoms with Gasteiger partial charge in [0.1, 0.15) is 6.04 Å². The maximum absolute atomic E-state index is 12.8. The molecule has 0 aromatic heterocycles. The third-order valence-corrected chi connectivity index (χ3v) is 5.83. The number of anilines is 3. The van der Waals surface area contributed by atoms with Crippen LogP contribution in [0.25, 0.3) is 0 Å². The van der Waals surface area contributed by atoms with Gasteiger partial charge in [-0.3, -0.25) is 9.59 Å². The largest absolute Gasteiger partial charge is 0.354 e. The third kappa shape index (κ3) is 5.02. The fourth-order valence-corrected chi connectivity index (χ4v) is 4.14. The lowest BCUT2D eigenvalue weighted by molar-refractivity contribution is -0.119. The molecular formula is C26H28BrN3O2. The van der Waals surface area contributed by atoms with Crippen molar-refractivity contribution in [1.29, 1.82) is 0 Å². The first kappa shape index (κ1) is 23.5. The Morgan fingerprint density at radius 3 is 2.38 bits per heavy atom. The number of benzene rings is 3. The normalized spacial score (nSPS) is 14.9. The van der Waals surface area contributed by atoms with E-state index in [1.165, 1.54) is 0 Å². The van der Waals surface area contributed by atoms with Gasteiger partial charge in [-0.1, -0.05) is 60.1 Å². The Hall–Kier alpha value is -3.12. The quantitative estimate of drug-likeness (QED) is 0.477. The molecule has 3 aromatic rings. The van der Waals surface area contributed by atoms with Crippen molar-refractivity contribution in [2.75, 3.05) is 22.2 Å². The molecule has 0 saturated carbocycles. The molecule has 1 unspecified atom stereocenters. The molecule has 166 valence electrons. The van der Waals surface area contributed by atoms with Crippen LogP contribution in [0.15, 0.2) is 77.3 Å². The van der Waals surface area contributed by atoms with Gasteiger partial charge in [-0.25, -0.2) is 0 Å². The molecule has 0 spiro atoms. The van der Waals surface area contributed by atoms with Crippen LogP contribution < -0.4 is 15.1 Å². The molecule has 32 heavy (non-hydrogen) atoms. The zero-order valence-electron chi connectivity index (χ0n) is 18.8. The highest BCUT2D eigenvalue weighted by molar-refractivity contribution is 9.10. The van der Waals surface area contributed by atoms with Crippen LogP contribution in [0.2, 0.25) is 0 Å². The Bertz CT molecular complexity index is 1100. The zero-order chi connectivity index (χ0) is 23.3. The summed E-state index contributed by atoms with van der Waals surface area (Å²) >= 11 is 3.51. The maximum Gasteiger partial charge on any atom is 0.255 e. The molecule has 5 nitrogen and oxygen atoms in total. The second-order valence-electron chi connectivity index (χ2n) is 7.35. The van der Waals surface area contributed by atoms with Crippen LogP contribution in [-0.2, 0) is 11.3 Å². The Morgan fingerprint density at radius 2 is 1.69 bits per heavy atom. The summed E-state index contributed by atoms with van der Waals surface area (Å²) in [5.41, 5.74) is 4.03. The monoisotopic (exact) mass is 493 g/mol. The van der Waals surface area contributed by atoms with Gasteiger partial charge in [0.15, 0.2) is 0 Å². The number of rotatable bonds is 4. The van der Waals surface area contributed by atoms with E-state index in [4.69, 9.17) is 0 Å². The van der Waals surface area contributed by atoms with Crippen molar-refractivity contribution in [2.45, 2.75) is 33.4 Å². The van der Waals surface area contributed by atoms with Crippen LogP contribution in [0.3, 0.4) is 0 Å². The molecule has 3 aromatic carbocycles. The van der Waals surface area contributed by atoms with Crippen LogP contribution in [0.1, 0.15) is 36.7 Å². The molecule has 1 N–H and O–H groups in total. The summed E-state index contributed by atoms with van der Waals surface area (Å²) in [5, 5.41) is 2.92. The van der Waals surface area contributed by atoms with Crippen molar-refractivity contribution >= 4 is 44.8 Å². The summed E-state index contributed by atoms with van der Waals surface area (Å²) in [6.07, 6.45) is 0. The molecule has 2 amide bonds. The standard InChI is InChI=1S/C24H22BrN3O2.C2H6/c1-16-24(30)27(2)21-12-11-18(23(29)26-20-9-4-3-5-10-20)14-22(21)28(16)15-17-7-6-8-19(25)13-17;1-2/h3-14,16H,15H2,1-2H3,(H,26,29);1-2H3. The van der Waals surface area contributed by atoms with Gasteiger partial charge in [-0.2, -0.15) is 0 Å². The van der Waals surface area contributed by atoms with E-state index >= 15 is 0 Å². The van der Waals surface area contributed by atoms with Crippen molar-refractivity contribution in [2.24, 2.45) is 0 Å². The highest BCUT2D eigenvalue weighted by Gasteiger charge is 2.34. The van der Waals surface area contributed by atoms with Crippen LogP contribution in [-0.4, -0.2) is 24.9 Å². The van der Waals surface area contributed by atoms with Crippen molar-refractivity contribution in [1.82, 2.24) is 0 Å². The molecule has 0 fully saturated rings. The lowest BCUT2D eigenvalue weighted by Crippen LogP contribution is -2.50. The minimum atomic E-state index is -0.339. The van der Waals surface area contributed by atoms with Crippen molar-refractivity contribution < 1.29 is 9.59 Å². The van der Waals surface area contributed by atoms with E-state index in [0.29, 0.717) is 12.1 Å². The number of hydrogen-bond acceptors (Lipinski definition) is 3. The van der Waals surface area contributed by atoms with E-state index in [1.54, 1.807) is 18.0 Å². The Balaban J connectivity index is 0.00000141. The molecule has 0 radical (unpaired) electrons. The number of fused-ring (bicyclic) bond motifs is 1. The van der Waals surface area contributed by atoms with Gasteiger partial charge >= 0.3 is 0 Å². The number of hydrogen-bond donors (Lipinski definition) is 1. The summed E-state index contributed by atoms with van der Waals surface area (Å²) in [6.45, 7) is 6.47. The lowest BCUT2D eigenvalue weighted by atomic mass is 10.0. The van der Waals surface area contributed by atoms with Gasteiger partial charge in [-0.05, 0) is 55.0 Å². The number of amides is 2. The maximum atomic E-state index is 12.8. The number of carbonyl (C=O) groups excluding carboxylic acids is 2. The average Bonchev–Trinajstić information content (AvgIpc) is 2.82. The van der Waals surface area contributed by atoms with Crippen LogP contribution in [0.4, 0.5) is 17.1 Å². The molecule has 1 aliphatic rings. The molecule has 4 rings (SSSR count). The minimum Gasteiger partial charge on any atom is -0.354 e. The lowest BCUT2D eigenvalue weighted by Gasteiger charge is -2.40. The van der Waals surface area contributed by atoms with Crippen LogP contribution in [0.5, 0.6) is 0 Å². The van der Waals surface area contributed by atoms with Gasteiger partial charge in [0.2, 0.25) is 5.91 Å². The first-order valence-electron chi connectivity index (χ1n) is 10.7. The van der Waals surface area contributed by atoms with E-state index in [0.717, 1.165) is 27.1 Å². The third-order valence-electron chi connectivity index (χ3n) is 5.34. The van der Waals surface area contributed by atoms with Crippen LogP contribution in [0, 0.1) is 0 Å². The van der Waals surface area contributed by atoms with Crippen LogP contribution >= 0.6 is 15.9 Å². The predicted octanol–water partition coefficient (Wildman–Crippen LogP) is 6.10. The van der Waals surface area contributed by atoms with Crippen molar-refractivity contribution in [3.63, 3.8) is 0 Å². The topological polar surface area (TPSA) is 52.7 Å². The summed E-state index contributed by atoms with van der Waals surface area (Å²) in [6, 6.07) is 22.5. The molecule has 1 aliphatic heterocycles. The van der Waals surface area contributed by atoms with E-state index in [-0.39, 0.29) is 17.9 Å². The van der Waals surface area contributed by atoms with Gasteiger partial charge in [-0.15, -0.1) is 0 Å².